The van der Waals surface area contributed by atoms with E-state index < -0.39 is 12.0 Å². The third kappa shape index (κ3) is 4.07. The van der Waals surface area contributed by atoms with Crippen molar-refractivity contribution < 1.29 is 13.2 Å². The number of anilines is 2. The molecule has 0 aliphatic carbocycles. The van der Waals surface area contributed by atoms with Gasteiger partial charge in [0.15, 0.2) is 0 Å². The maximum absolute atomic E-state index is 12.7. The minimum absolute atomic E-state index is 0.120. The monoisotopic (exact) mass is 360 g/mol. The fraction of sp³-hybridized carbons (Fsp3) is 0.231. The van der Waals surface area contributed by atoms with E-state index in [0.29, 0.717) is 6.54 Å². The number of nitrogens with two attached hydrogens (primary N) is 1. The standard InChI is InChI=1S/C13H12BrF3N4/c1-21(7-8-3-2-4-9(14)5-8)11-6-10(18)19-12(20-11)13(15,16)17/h2-6H,7H2,1H3,(H2,18,19,20). The number of rotatable bonds is 3. The van der Waals surface area contributed by atoms with Crippen molar-refractivity contribution >= 4 is 27.6 Å². The summed E-state index contributed by atoms with van der Waals surface area (Å²) >= 11 is 3.34. The van der Waals surface area contributed by atoms with Gasteiger partial charge in [-0.3, -0.25) is 0 Å². The summed E-state index contributed by atoms with van der Waals surface area (Å²) in [6, 6.07) is 8.78. The highest BCUT2D eigenvalue weighted by atomic mass is 79.9. The van der Waals surface area contributed by atoms with Crippen LogP contribution in [0.4, 0.5) is 24.8 Å². The molecule has 0 aliphatic heterocycles. The number of nitrogen functional groups attached to an aromatic ring is 1. The summed E-state index contributed by atoms with van der Waals surface area (Å²) in [6.45, 7) is 0.396. The Morgan fingerprint density at radius 1 is 1.24 bits per heavy atom. The van der Waals surface area contributed by atoms with E-state index in [0.717, 1.165) is 10.0 Å². The van der Waals surface area contributed by atoms with Crippen LogP contribution in [0, 0.1) is 0 Å². The molecular weight excluding hydrogens is 349 g/mol. The molecule has 1 heterocycles. The van der Waals surface area contributed by atoms with Gasteiger partial charge < -0.3 is 10.6 Å². The van der Waals surface area contributed by atoms with Crippen molar-refractivity contribution in [3.63, 3.8) is 0 Å². The second-order valence-corrected chi connectivity index (χ2v) is 5.37. The molecule has 0 radical (unpaired) electrons. The molecule has 21 heavy (non-hydrogen) atoms. The first-order chi connectivity index (χ1) is 9.75. The topological polar surface area (TPSA) is 55.0 Å². The van der Waals surface area contributed by atoms with Gasteiger partial charge in [-0.15, -0.1) is 0 Å². The van der Waals surface area contributed by atoms with Gasteiger partial charge >= 0.3 is 6.18 Å². The highest BCUT2D eigenvalue weighted by molar-refractivity contribution is 9.10. The van der Waals surface area contributed by atoms with E-state index in [9.17, 15) is 13.2 Å². The molecule has 2 aromatic rings. The summed E-state index contributed by atoms with van der Waals surface area (Å²) in [4.78, 5) is 8.32. The van der Waals surface area contributed by atoms with Crippen molar-refractivity contribution in [1.82, 2.24) is 9.97 Å². The Balaban J connectivity index is 2.27. The molecule has 0 spiro atoms. The third-order valence-electron chi connectivity index (χ3n) is 2.69. The Bertz CT molecular complexity index is 646. The zero-order valence-corrected chi connectivity index (χ0v) is 12.6. The zero-order valence-electron chi connectivity index (χ0n) is 11.0. The summed E-state index contributed by atoms with van der Waals surface area (Å²) in [5.41, 5.74) is 6.35. The van der Waals surface area contributed by atoms with E-state index >= 15 is 0 Å². The fourth-order valence-corrected chi connectivity index (χ4v) is 2.21. The highest BCUT2D eigenvalue weighted by Crippen LogP contribution is 2.28. The van der Waals surface area contributed by atoms with Crippen molar-refractivity contribution in [1.29, 1.82) is 0 Å². The first-order valence-corrected chi connectivity index (χ1v) is 6.72. The van der Waals surface area contributed by atoms with Crippen LogP contribution in [0.15, 0.2) is 34.8 Å². The largest absolute Gasteiger partial charge is 0.451 e. The van der Waals surface area contributed by atoms with Crippen molar-refractivity contribution in [2.75, 3.05) is 17.7 Å². The lowest BCUT2D eigenvalue weighted by Crippen LogP contribution is -2.21. The molecule has 2 N–H and O–H groups in total. The zero-order chi connectivity index (χ0) is 15.6. The molecule has 0 saturated heterocycles. The maximum atomic E-state index is 12.7. The van der Waals surface area contributed by atoms with Crippen LogP contribution < -0.4 is 10.6 Å². The Labute approximate surface area is 127 Å². The van der Waals surface area contributed by atoms with E-state index in [1.165, 1.54) is 6.07 Å². The lowest BCUT2D eigenvalue weighted by Gasteiger charge is -2.19. The predicted molar refractivity (Wildman–Crippen MR) is 77.7 cm³/mol. The van der Waals surface area contributed by atoms with Crippen LogP contribution in [0.2, 0.25) is 0 Å². The maximum Gasteiger partial charge on any atom is 0.451 e. The van der Waals surface area contributed by atoms with Crippen LogP contribution in [-0.4, -0.2) is 17.0 Å². The molecule has 0 unspecified atom stereocenters. The molecule has 0 saturated carbocycles. The number of benzene rings is 1. The van der Waals surface area contributed by atoms with Crippen molar-refractivity contribution in [3.05, 3.63) is 46.2 Å². The van der Waals surface area contributed by atoms with Crippen LogP contribution >= 0.6 is 15.9 Å². The van der Waals surface area contributed by atoms with Crippen LogP contribution in [0.5, 0.6) is 0 Å². The van der Waals surface area contributed by atoms with Crippen molar-refractivity contribution in [3.8, 4) is 0 Å². The first-order valence-electron chi connectivity index (χ1n) is 5.93. The Morgan fingerprint density at radius 3 is 2.57 bits per heavy atom. The minimum atomic E-state index is -4.62. The normalized spacial score (nSPS) is 11.5. The molecule has 1 aromatic heterocycles. The Hall–Kier alpha value is -1.83. The lowest BCUT2D eigenvalue weighted by molar-refractivity contribution is -0.144. The molecular formula is C13H12BrF3N4. The average Bonchev–Trinajstić information content (AvgIpc) is 2.37. The van der Waals surface area contributed by atoms with Gasteiger partial charge in [0.1, 0.15) is 11.6 Å². The van der Waals surface area contributed by atoms with Gasteiger partial charge in [0.05, 0.1) is 0 Å². The first kappa shape index (κ1) is 15.6. The quantitative estimate of drug-likeness (QED) is 0.910. The molecule has 4 nitrogen and oxygen atoms in total. The predicted octanol–water partition coefficient (Wildman–Crippen LogP) is 3.48. The van der Waals surface area contributed by atoms with Gasteiger partial charge in [0.2, 0.25) is 5.82 Å². The van der Waals surface area contributed by atoms with E-state index in [2.05, 4.69) is 25.9 Å². The van der Waals surface area contributed by atoms with Gasteiger partial charge in [0.25, 0.3) is 0 Å². The van der Waals surface area contributed by atoms with E-state index in [1.54, 1.807) is 11.9 Å². The average molecular weight is 361 g/mol. The highest BCUT2D eigenvalue weighted by Gasteiger charge is 2.35. The fourth-order valence-electron chi connectivity index (χ4n) is 1.77. The second-order valence-electron chi connectivity index (χ2n) is 4.46. The minimum Gasteiger partial charge on any atom is -0.384 e. The summed E-state index contributed by atoms with van der Waals surface area (Å²) < 4.78 is 39.0. The van der Waals surface area contributed by atoms with Gasteiger partial charge in [-0.05, 0) is 17.7 Å². The van der Waals surface area contributed by atoms with Crippen LogP contribution in [-0.2, 0) is 12.7 Å². The number of nitrogens with zero attached hydrogens (tertiary/aromatic N) is 3. The Morgan fingerprint density at radius 2 is 1.95 bits per heavy atom. The molecule has 0 bridgehead atoms. The summed E-state index contributed by atoms with van der Waals surface area (Å²) in [6.07, 6.45) is -4.62. The van der Waals surface area contributed by atoms with Gasteiger partial charge in [-0.2, -0.15) is 13.2 Å². The molecule has 8 heteroatoms. The smallest absolute Gasteiger partial charge is 0.384 e. The van der Waals surface area contributed by atoms with Crippen LogP contribution in [0.3, 0.4) is 0 Å². The number of alkyl halides is 3. The van der Waals surface area contributed by atoms with Gasteiger partial charge in [0, 0.05) is 24.1 Å². The molecule has 1 aromatic carbocycles. The number of halogens is 4. The summed E-state index contributed by atoms with van der Waals surface area (Å²) in [5, 5.41) is 0. The molecule has 0 fully saturated rings. The van der Waals surface area contributed by atoms with Crippen LogP contribution in [0.1, 0.15) is 11.4 Å². The molecule has 0 atom stereocenters. The Kier molecular flexibility index (Phi) is 4.36. The summed E-state index contributed by atoms with van der Waals surface area (Å²) in [7, 11) is 1.64. The van der Waals surface area contributed by atoms with Crippen LogP contribution in [0.25, 0.3) is 0 Å². The van der Waals surface area contributed by atoms with E-state index in [1.807, 2.05) is 24.3 Å². The number of aromatic nitrogens is 2. The van der Waals surface area contributed by atoms with Crippen molar-refractivity contribution in [2.45, 2.75) is 12.7 Å². The summed E-state index contributed by atoms with van der Waals surface area (Å²) in [5.74, 6) is -1.33. The molecule has 0 amide bonds. The van der Waals surface area contributed by atoms with Gasteiger partial charge in [-0.1, -0.05) is 28.1 Å². The molecule has 112 valence electrons. The number of hydrogen-bond donors (Lipinski definition) is 1. The third-order valence-corrected chi connectivity index (χ3v) is 3.18. The van der Waals surface area contributed by atoms with Gasteiger partial charge in [-0.25, -0.2) is 9.97 Å². The molecule has 0 aliphatic rings. The SMILES string of the molecule is CN(Cc1cccc(Br)c1)c1cc(N)nc(C(F)(F)F)n1. The molecule has 2 rings (SSSR count). The second kappa shape index (κ2) is 5.88. The lowest BCUT2D eigenvalue weighted by atomic mass is 10.2. The van der Waals surface area contributed by atoms with E-state index in [4.69, 9.17) is 5.73 Å². The van der Waals surface area contributed by atoms with E-state index in [-0.39, 0.29) is 11.6 Å². The van der Waals surface area contributed by atoms with Crippen molar-refractivity contribution in [2.24, 2.45) is 0 Å². The number of hydrogen-bond acceptors (Lipinski definition) is 4.